The number of hydrogen-bond donors (Lipinski definition) is 2. The predicted octanol–water partition coefficient (Wildman–Crippen LogP) is 11.4. The Balaban J connectivity index is 4.43. The average molecular weight is 784 g/mol. The van der Waals surface area contributed by atoms with Crippen molar-refractivity contribution in [2.45, 2.75) is 123 Å². The van der Waals surface area contributed by atoms with Crippen LogP contribution in [0.3, 0.4) is 0 Å². The van der Waals surface area contributed by atoms with E-state index in [0.717, 1.165) is 64.2 Å². The highest BCUT2D eigenvalue weighted by atomic mass is 31.2. The van der Waals surface area contributed by atoms with Crippen LogP contribution in [-0.4, -0.2) is 49.3 Å². The third-order valence-electron chi connectivity index (χ3n) is 7.34. The molecule has 2 atom stereocenters. The van der Waals surface area contributed by atoms with Gasteiger partial charge in [0.15, 0.2) is 6.10 Å². The number of allylic oxidation sites excluding steroid dienone is 20. The molecule has 10 heteroatoms. The molecule has 0 heterocycles. The van der Waals surface area contributed by atoms with Crippen molar-refractivity contribution in [2.75, 3.05) is 26.4 Å². The van der Waals surface area contributed by atoms with E-state index in [1.165, 1.54) is 0 Å². The van der Waals surface area contributed by atoms with Crippen LogP contribution >= 0.6 is 7.82 Å². The first-order valence-electron chi connectivity index (χ1n) is 20.0. The van der Waals surface area contributed by atoms with Gasteiger partial charge in [-0.1, -0.05) is 135 Å². The van der Waals surface area contributed by atoms with Crippen molar-refractivity contribution in [3.63, 3.8) is 0 Å². The molecule has 0 saturated heterocycles. The molecule has 0 aromatic heterocycles. The van der Waals surface area contributed by atoms with Gasteiger partial charge in [0, 0.05) is 19.4 Å². The highest BCUT2D eigenvalue weighted by molar-refractivity contribution is 7.47. The van der Waals surface area contributed by atoms with Crippen molar-refractivity contribution in [2.24, 2.45) is 5.73 Å². The van der Waals surface area contributed by atoms with Crippen LogP contribution in [0.2, 0.25) is 0 Å². The summed E-state index contributed by atoms with van der Waals surface area (Å²) in [5, 5.41) is 0. The van der Waals surface area contributed by atoms with Crippen LogP contribution < -0.4 is 5.73 Å². The second-order valence-corrected chi connectivity index (χ2v) is 13.8. The Bertz CT molecular complexity index is 1310. The van der Waals surface area contributed by atoms with E-state index < -0.39 is 32.5 Å². The molecular formula is C45H70NO8P. The van der Waals surface area contributed by atoms with Crippen molar-refractivity contribution < 1.29 is 37.6 Å². The molecule has 0 radical (unpaired) electrons. The summed E-state index contributed by atoms with van der Waals surface area (Å²) >= 11 is 0. The molecule has 0 saturated carbocycles. The quantitative estimate of drug-likeness (QED) is 0.0279. The number of nitrogens with two attached hydrogens (primary N) is 1. The Kier molecular flexibility index (Phi) is 37.5. The van der Waals surface area contributed by atoms with Crippen LogP contribution in [0, 0.1) is 0 Å². The molecule has 0 aromatic rings. The van der Waals surface area contributed by atoms with Crippen molar-refractivity contribution >= 4 is 19.8 Å². The van der Waals surface area contributed by atoms with E-state index in [-0.39, 0.29) is 32.6 Å². The molecule has 0 bridgehead atoms. The monoisotopic (exact) mass is 783 g/mol. The van der Waals surface area contributed by atoms with E-state index in [1.54, 1.807) is 0 Å². The highest BCUT2D eigenvalue weighted by Crippen LogP contribution is 2.43. The maximum Gasteiger partial charge on any atom is 0.472 e. The van der Waals surface area contributed by atoms with Gasteiger partial charge in [-0.05, 0) is 89.9 Å². The van der Waals surface area contributed by atoms with E-state index in [1.807, 2.05) is 12.2 Å². The molecule has 1 unspecified atom stereocenters. The Morgan fingerprint density at radius 3 is 1.29 bits per heavy atom. The Labute approximate surface area is 332 Å². The number of hydrogen-bond acceptors (Lipinski definition) is 8. The van der Waals surface area contributed by atoms with Gasteiger partial charge < -0.3 is 20.1 Å². The van der Waals surface area contributed by atoms with E-state index in [4.69, 9.17) is 24.3 Å². The third kappa shape index (κ3) is 39.9. The fourth-order valence-corrected chi connectivity index (χ4v) is 5.23. The van der Waals surface area contributed by atoms with Crippen LogP contribution in [-0.2, 0) is 32.7 Å². The van der Waals surface area contributed by atoms with Crippen LogP contribution in [0.15, 0.2) is 122 Å². The number of unbranched alkanes of at least 4 members (excludes halogenated alkanes) is 2. The summed E-state index contributed by atoms with van der Waals surface area (Å²) in [6.07, 6.45) is 53.9. The maximum atomic E-state index is 12.5. The topological polar surface area (TPSA) is 134 Å². The number of rotatable bonds is 35. The van der Waals surface area contributed by atoms with Crippen LogP contribution in [0.1, 0.15) is 117 Å². The Morgan fingerprint density at radius 2 is 0.909 bits per heavy atom. The average Bonchev–Trinajstić information content (AvgIpc) is 3.17. The molecule has 0 aliphatic carbocycles. The number of carbonyl (C=O) groups is 2. The molecule has 0 aliphatic rings. The SMILES string of the molecule is CCC=CCC=CCC=CCC=CCC=CCCCC(=O)OC[C@H](COP(=O)(O)OCCN)OC(=O)CCCC=CCC=CCC=CCC=CCC=CCC. The number of phosphoric acid groups is 1. The van der Waals surface area contributed by atoms with Crippen LogP contribution in [0.25, 0.3) is 0 Å². The van der Waals surface area contributed by atoms with Gasteiger partial charge in [0.1, 0.15) is 6.61 Å². The summed E-state index contributed by atoms with van der Waals surface area (Å²) < 4.78 is 32.6. The van der Waals surface area contributed by atoms with E-state index in [0.29, 0.717) is 25.7 Å². The fraction of sp³-hybridized carbons (Fsp3) is 0.511. The van der Waals surface area contributed by atoms with Gasteiger partial charge in [-0.3, -0.25) is 18.6 Å². The molecule has 0 aromatic carbocycles. The number of carbonyl (C=O) groups excluding carboxylic acids is 2. The summed E-state index contributed by atoms with van der Waals surface area (Å²) in [5.41, 5.74) is 5.33. The lowest BCUT2D eigenvalue weighted by Crippen LogP contribution is -2.29. The number of phosphoric ester groups is 1. The van der Waals surface area contributed by atoms with Gasteiger partial charge in [0.2, 0.25) is 0 Å². The molecule has 308 valence electrons. The smallest absolute Gasteiger partial charge is 0.462 e. The standard InChI is InChI=1S/C45H70NO8P/c1-3-5-7-9-11-13-15-17-19-21-23-25-27-29-31-33-35-37-44(47)51-41-43(42-53-55(49,50)52-40-39-46)54-45(48)38-36-34-32-30-28-26-24-22-20-18-16-14-12-10-8-6-4-2/h5-8,11-14,17-20,23-26,29-32,43H,3-4,9-10,15-16,21-22,27-28,33-42,46H2,1-2H3,(H,49,50)/t43-/m1/s1. The normalized spacial score (nSPS) is 14.6. The zero-order valence-electron chi connectivity index (χ0n) is 33.6. The third-order valence-corrected chi connectivity index (χ3v) is 8.33. The minimum Gasteiger partial charge on any atom is -0.462 e. The first kappa shape index (κ1) is 51.4. The first-order valence-corrected chi connectivity index (χ1v) is 21.5. The lowest BCUT2D eigenvalue weighted by Gasteiger charge is -2.19. The molecule has 0 fully saturated rings. The number of ether oxygens (including phenoxy) is 2. The van der Waals surface area contributed by atoms with Crippen LogP contribution in [0.4, 0.5) is 0 Å². The van der Waals surface area contributed by atoms with Gasteiger partial charge >= 0.3 is 19.8 Å². The predicted molar refractivity (Wildman–Crippen MR) is 228 cm³/mol. The lowest BCUT2D eigenvalue weighted by molar-refractivity contribution is -0.161. The summed E-state index contributed by atoms with van der Waals surface area (Å²) in [4.78, 5) is 34.8. The molecule has 0 amide bonds. The molecule has 9 nitrogen and oxygen atoms in total. The lowest BCUT2D eigenvalue weighted by atomic mass is 10.2. The van der Waals surface area contributed by atoms with Crippen LogP contribution in [0.5, 0.6) is 0 Å². The van der Waals surface area contributed by atoms with Crippen molar-refractivity contribution in [3.05, 3.63) is 122 Å². The minimum absolute atomic E-state index is 0.0292. The van der Waals surface area contributed by atoms with E-state index >= 15 is 0 Å². The van der Waals surface area contributed by atoms with E-state index in [2.05, 4.69) is 123 Å². The summed E-state index contributed by atoms with van der Waals surface area (Å²) in [6.45, 7) is 3.32. The van der Waals surface area contributed by atoms with Gasteiger partial charge in [0.05, 0.1) is 13.2 Å². The number of esters is 2. The van der Waals surface area contributed by atoms with Gasteiger partial charge in [-0.25, -0.2) is 4.57 Å². The second kappa shape index (κ2) is 40.1. The van der Waals surface area contributed by atoms with Gasteiger partial charge in [0.25, 0.3) is 0 Å². The summed E-state index contributed by atoms with van der Waals surface area (Å²) in [6, 6.07) is 0. The van der Waals surface area contributed by atoms with Crippen molar-refractivity contribution in [3.8, 4) is 0 Å². The largest absolute Gasteiger partial charge is 0.472 e. The Hall–Kier alpha value is -3.59. The molecular weight excluding hydrogens is 713 g/mol. The summed E-state index contributed by atoms with van der Waals surface area (Å²) in [5.74, 6) is -0.982. The van der Waals surface area contributed by atoms with Gasteiger partial charge in [-0.2, -0.15) is 0 Å². The molecule has 55 heavy (non-hydrogen) atoms. The molecule has 3 N–H and O–H groups in total. The molecule has 0 spiro atoms. The zero-order valence-corrected chi connectivity index (χ0v) is 34.5. The van der Waals surface area contributed by atoms with Crippen molar-refractivity contribution in [1.29, 1.82) is 0 Å². The first-order chi connectivity index (χ1) is 26.8. The maximum absolute atomic E-state index is 12.5. The molecule has 0 rings (SSSR count). The molecule has 0 aliphatic heterocycles. The Morgan fingerprint density at radius 1 is 0.545 bits per heavy atom. The zero-order chi connectivity index (χ0) is 40.3. The van der Waals surface area contributed by atoms with Gasteiger partial charge in [-0.15, -0.1) is 0 Å². The van der Waals surface area contributed by atoms with Crippen molar-refractivity contribution in [1.82, 2.24) is 0 Å². The second-order valence-electron chi connectivity index (χ2n) is 12.4. The fourth-order valence-electron chi connectivity index (χ4n) is 4.47. The van der Waals surface area contributed by atoms with E-state index in [9.17, 15) is 19.0 Å². The minimum atomic E-state index is -4.41. The highest BCUT2D eigenvalue weighted by Gasteiger charge is 2.25. The summed E-state index contributed by atoms with van der Waals surface area (Å²) in [7, 11) is -4.41.